The molecule has 15 heavy (non-hydrogen) atoms. The molecule has 0 saturated heterocycles. The second-order valence-corrected chi connectivity index (χ2v) is 4.85. The molecule has 0 radical (unpaired) electrons. The normalized spacial score (nSPS) is 16.9. The summed E-state index contributed by atoms with van der Waals surface area (Å²) in [5.41, 5.74) is 4.02. The van der Waals surface area contributed by atoms with E-state index in [2.05, 4.69) is 37.4 Å². The van der Waals surface area contributed by atoms with Crippen molar-refractivity contribution < 1.29 is 0 Å². The molecule has 1 aromatic rings. The zero-order valence-corrected chi connectivity index (χ0v) is 9.84. The summed E-state index contributed by atoms with van der Waals surface area (Å²) >= 11 is 0. The summed E-state index contributed by atoms with van der Waals surface area (Å²) < 4.78 is 0. The van der Waals surface area contributed by atoms with Crippen LogP contribution >= 0.6 is 0 Å². The highest BCUT2D eigenvalue weighted by atomic mass is 14.9. The molecule has 1 heteroatoms. The fourth-order valence-electron chi connectivity index (χ4n) is 2.40. The van der Waals surface area contributed by atoms with Gasteiger partial charge in [0.05, 0.1) is 0 Å². The Morgan fingerprint density at radius 2 is 1.93 bits per heavy atom. The quantitative estimate of drug-likeness (QED) is 0.785. The van der Waals surface area contributed by atoms with Gasteiger partial charge in [0.2, 0.25) is 0 Å². The molecule has 0 aromatic heterocycles. The van der Waals surface area contributed by atoms with Gasteiger partial charge in [-0.2, -0.15) is 0 Å². The molecule has 0 heterocycles. The molecule has 82 valence electrons. The van der Waals surface area contributed by atoms with Gasteiger partial charge in [0.25, 0.3) is 0 Å². The Hall–Kier alpha value is -0.980. The van der Waals surface area contributed by atoms with E-state index in [0.29, 0.717) is 0 Å². The minimum atomic E-state index is 0.907. The third-order valence-corrected chi connectivity index (χ3v) is 3.45. The monoisotopic (exact) mass is 203 g/mol. The van der Waals surface area contributed by atoms with Crippen LogP contribution in [0.3, 0.4) is 0 Å². The number of anilines is 1. The van der Waals surface area contributed by atoms with E-state index in [0.717, 1.165) is 12.5 Å². The Morgan fingerprint density at radius 3 is 2.67 bits per heavy atom. The lowest BCUT2D eigenvalue weighted by Crippen LogP contribution is -2.11. The predicted octanol–water partition coefficient (Wildman–Crippen LogP) is 3.91. The van der Waals surface area contributed by atoms with Crippen LogP contribution in [0.5, 0.6) is 0 Å². The van der Waals surface area contributed by atoms with Crippen molar-refractivity contribution in [1.29, 1.82) is 0 Å². The first-order valence-electron chi connectivity index (χ1n) is 6.07. The van der Waals surface area contributed by atoms with Gasteiger partial charge in [0.15, 0.2) is 0 Å². The lowest BCUT2D eigenvalue weighted by Gasteiger charge is -2.14. The first-order valence-corrected chi connectivity index (χ1v) is 6.07. The number of hydrogen-bond acceptors (Lipinski definition) is 1. The summed E-state index contributed by atoms with van der Waals surface area (Å²) in [6, 6.07) is 6.63. The summed E-state index contributed by atoms with van der Waals surface area (Å²) in [4.78, 5) is 0. The van der Waals surface area contributed by atoms with Crippen molar-refractivity contribution in [2.24, 2.45) is 5.92 Å². The van der Waals surface area contributed by atoms with Crippen LogP contribution in [0.4, 0.5) is 5.69 Å². The Kier molecular flexibility index (Phi) is 3.30. The molecule has 1 N–H and O–H groups in total. The van der Waals surface area contributed by atoms with Crippen molar-refractivity contribution in [2.45, 2.75) is 39.5 Å². The van der Waals surface area contributed by atoms with Crippen LogP contribution in [0.25, 0.3) is 0 Å². The van der Waals surface area contributed by atoms with E-state index in [-0.39, 0.29) is 0 Å². The number of rotatable bonds is 3. The molecular weight excluding hydrogens is 182 g/mol. The molecule has 0 unspecified atom stereocenters. The van der Waals surface area contributed by atoms with E-state index in [1.165, 1.54) is 42.5 Å². The minimum absolute atomic E-state index is 0.907. The molecule has 0 spiro atoms. The number of nitrogens with one attached hydrogen (secondary N) is 1. The first kappa shape index (κ1) is 10.5. The Labute approximate surface area is 92.9 Å². The van der Waals surface area contributed by atoms with Gasteiger partial charge >= 0.3 is 0 Å². The Bertz CT molecular complexity index is 324. The van der Waals surface area contributed by atoms with Gasteiger partial charge in [-0.25, -0.2) is 0 Å². The van der Waals surface area contributed by atoms with E-state index in [1.54, 1.807) is 0 Å². The van der Waals surface area contributed by atoms with Crippen LogP contribution in [0.15, 0.2) is 18.2 Å². The van der Waals surface area contributed by atoms with Gasteiger partial charge in [0, 0.05) is 12.2 Å². The van der Waals surface area contributed by atoms with Crippen LogP contribution < -0.4 is 5.32 Å². The maximum absolute atomic E-state index is 3.60. The van der Waals surface area contributed by atoms with Gasteiger partial charge < -0.3 is 5.32 Å². The van der Waals surface area contributed by atoms with Gasteiger partial charge in [-0.1, -0.05) is 25.0 Å². The topological polar surface area (TPSA) is 12.0 Å². The molecule has 1 aromatic carbocycles. The number of aryl methyl sites for hydroxylation is 2. The van der Waals surface area contributed by atoms with E-state index >= 15 is 0 Å². The zero-order chi connectivity index (χ0) is 10.7. The highest BCUT2D eigenvalue weighted by Gasteiger charge is 2.14. The molecular formula is C14H21N. The molecule has 1 aliphatic rings. The van der Waals surface area contributed by atoms with Crippen molar-refractivity contribution in [3.8, 4) is 0 Å². The molecule has 1 saturated carbocycles. The van der Waals surface area contributed by atoms with Crippen LogP contribution in [0, 0.1) is 19.8 Å². The third-order valence-electron chi connectivity index (χ3n) is 3.45. The zero-order valence-electron chi connectivity index (χ0n) is 9.84. The van der Waals surface area contributed by atoms with Gasteiger partial charge in [-0.3, -0.25) is 0 Å². The Balaban J connectivity index is 1.94. The standard InChI is InChI=1S/C14H21N/c1-11-7-8-12(2)14(9-11)15-10-13-5-3-4-6-13/h7-9,13,15H,3-6,10H2,1-2H3. The number of benzene rings is 1. The average molecular weight is 203 g/mol. The average Bonchev–Trinajstić information content (AvgIpc) is 2.72. The van der Waals surface area contributed by atoms with Crippen molar-refractivity contribution >= 4 is 5.69 Å². The molecule has 1 fully saturated rings. The molecule has 0 amide bonds. The summed E-state index contributed by atoms with van der Waals surface area (Å²) in [6.07, 6.45) is 5.69. The maximum Gasteiger partial charge on any atom is 0.0372 e. The van der Waals surface area contributed by atoms with Crippen molar-refractivity contribution in [1.82, 2.24) is 0 Å². The minimum Gasteiger partial charge on any atom is -0.385 e. The molecule has 0 aliphatic heterocycles. The molecule has 1 nitrogen and oxygen atoms in total. The van der Waals surface area contributed by atoms with E-state index in [4.69, 9.17) is 0 Å². The van der Waals surface area contributed by atoms with Crippen molar-refractivity contribution in [3.63, 3.8) is 0 Å². The van der Waals surface area contributed by atoms with Gasteiger partial charge in [0.1, 0.15) is 0 Å². The summed E-state index contributed by atoms with van der Waals surface area (Å²) in [6.45, 7) is 5.49. The molecule has 0 atom stereocenters. The second kappa shape index (κ2) is 4.69. The van der Waals surface area contributed by atoms with Crippen LogP contribution in [0.2, 0.25) is 0 Å². The fraction of sp³-hybridized carbons (Fsp3) is 0.571. The smallest absolute Gasteiger partial charge is 0.0372 e. The molecule has 2 rings (SSSR count). The van der Waals surface area contributed by atoms with E-state index < -0.39 is 0 Å². The lowest BCUT2D eigenvalue weighted by molar-refractivity contribution is 0.579. The highest BCUT2D eigenvalue weighted by Crippen LogP contribution is 2.25. The molecule has 1 aliphatic carbocycles. The SMILES string of the molecule is Cc1ccc(C)c(NCC2CCCC2)c1. The lowest BCUT2D eigenvalue weighted by atomic mass is 10.1. The highest BCUT2D eigenvalue weighted by molar-refractivity contribution is 5.52. The third kappa shape index (κ3) is 2.74. The largest absolute Gasteiger partial charge is 0.385 e. The second-order valence-electron chi connectivity index (χ2n) is 4.85. The van der Waals surface area contributed by atoms with Gasteiger partial charge in [-0.15, -0.1) is 0 Å². The Morgan fingerprint density at radius 1 is 1.20 bits per heavy atom. The van der Waals surface area contributed by atoms with Gasteiger partial charge in [-0.05, 0) is 49.8 Å². The van der Waals surface area contributed by atoms with E-state index in [1.807, 2.05) is 0 Å². The van der Waals surface area contributed by atoms with Crippen LogP contribution in [-0.4, -0.2) is 6.54 Å². The molecule has 0 bridgehead atoms. The van der Waals surface area contributed by atoms with Crippen LogP contribution in [-0.2, 0) is 0 Å². The van der Waals surface area contributed by atoms with Crippen molar-refractivity contribution in [3.05, 3.63) is 29.3 Å². The first-order chi connectivity index (χ1) is 7.25. The maximum atomic E-state index is 3.60. The van der Waals surface area contributed by atoms with Crippen LogP contribution in [0.1, 0.15) is 36.8 Å². The van der Waals surface area contributed by atoms with E-state index in [9.17, 15) is 0 Å². The summed E-state index contributed by atoms with van der Waals surface area (Å²) in [5, 5.41) is 3.60. The fourth-order valence-corrected chi connectivity index (χ4v) is 2.40. The summed E-state index contributed by atoms with van der Waals surface area (Å²) in [5.74, 6) is 0.907. The summed E-state index contributed by atoms with van der Waals surface area (Å²) in [7, 11) is 0. The number of hydrogen-bond donors (Lipinski definition) is 1. The van der Waals surface area contributed by atoms with Crippen molar-refractivity contribution in [2.75, 3.05) is 11.9 Å². The predicted molar refractivity (Wildman–Crippen MR) is 66.4 cm³/mol.